The van der Waals surface area contributed by atoms with Crippen molar-refractivity contribution < 1.29 is 49.8 Å². The zero-order chi connectivity index (χ0) is 20.0. The van der Waals surface area contributed by atoms with Crippen molar-refractivity contribution in [2.45, 2.75) is 18.4 Å². The van der Waals surface area contributed by atoms with Crippen LogP contribution in [0.5, 0.6) is 0 Å². The van der Waals surface area contributed by atoms with Gasteiger partial charge in [0.15, 0.2) is 0 Å². The Morgan fingerprint density at radius 1 is 1.59 bits per heavy atom. The Balaban J connectivity index is 1.97. The number of alkyl halides is 4. The van der Waals surface area contributed by atoms with E-state index in [0.29, 0.717) is 6.54 Å². The summed E-state index contributed by atoms with van der Waals surface area (Å²) in [6, 6.07) is 1.31. The van der Waals surface area contributed by atoms with Gasteiger partial charge in [0.2, 0.25) is 0 Å². The van der Waals surface area contributed by atoms with Crippen LogP contribution in [0.3, 0.4) is 0 Å². The minimum absolute atomic E-state index is 0.0585. The van der Waals surface area contributed by atoms with Crippen molar-refractivity contribution >= 4 is 40.3 Å². The predicted molar refractivity (Wildman–Crippen MR) is 95.5 cm³/mol. The number of rotatable bonds is 8. The number of nitrogens with one attached hydrogen (secondary N) is 2. The van der Waals surface area contributed by atoms with Crippen molar-refractivity contribution in [3.8, 4) is 0 Å². The molecule has 2 rings (SSSR count). The molecule has 1 aliphatic rings. The van der Waals surface area contributed by atoms with E-state index in [9.17, 15) is 18.8 Å². The van der Waals surface area contributed by atoms with Crippen molar-refractivity contribution in [3.05, 3.63) is 22.7 Å². The zero-order valence-corrected chi connectivity index (χ0v) is 18.5. The van der Waals surface area contributed by atoms with Gasteiger partial charge in [0.25, 0.3) is 0 Å². The average molecular weight is 611 g/mol. The van der Waals surface area contributed by atoms with Gasteiger partial charge in [-0.25, -0.2) is 0 Å². The van der Waals surface area contributed by atoms with Crippen LogP contribution in [0.2, 0.25) is 0 Å². The quantitative estimate of drug-likeness (QED) is 0.156. The number of aliphatic hydroxyl groups is 1. The summed E-state index contributed by atoms with van der Waals surface area (Å²) < 4.78 is 23.4. The number of amides is 1. The molecule has 0 saturated carbocycles. The van der Waals surface area contributed by atoms with Gasteiger partial charge in [0.1, 0.15) is 0 Å². The number of hydrogen-bond acceptors (Lipinski definition) is 8. The van der Waals surface area contributed by atoms with E-state index < -0.39 is 57.4 Å². The summed E-state index contributed by atoms with van der Waals surface area (Å²) in [7, 11) is 1.68. The minimum atomic E-state index is -1.78. The number of hydrogen-bond donors (Lipinski definition) is 3. The first-order valence-electron chi connectivity index (χ1n) is 7.74. The van der Waals surface area contributed by atoms with Crippen LogP contribution in [-0.2, 0) is 19.1 Å². The van der Waals surface area contributed by atoms with Gasteiger partial charge in [0, 0.05) is 6.54 Å². The standard InChI is InChI=1S/C14H18FI2N4O6/c1-18-4-2-11(24)26-7-10(23)19-9-3-5-21(13(25)20-9)12-14(15,16)17-8(6-22)27-12/h3,5,8,12,18,22H,2,4,6-7H2,1H3,(H,19,20,23,25)/q-1/t8-,12-,14+/m1/s1. The maximum atomic E-state index is 14.6. The van der Waals surface area contributed by atoms with Gasteiger partial charge in [-0.1, -0.05) is 0 Å². The molecular formula is C14H18FI2N4O6-. The van der Waals surface area contributed by atoms with Crippen LogP contribution in [0, 0.1) is 0 Å². The third-order valence-corrected chi connectivity index (χ3v) is 8.12. The third-order valence-electron chi connectivity index (χ3n) is 3.26. The van der Waals surface area contributed by atoms with Crippen LogP contribution in [0.25, 0.3) is 0 Å². The molecule has 27 heavy (non-hydrogen) atoms. The fraction of sp³-hybridized carbons (Fsp3) is 0.571. The zero-order valence-electron chi connectivity index (χ0n) is 14.2. The van der Waals surface area contributed by atoms with Gasteiger partial charge in [-0.15, -0.1) is 0 Å². The van der Waals surface area contributed by atoms with E-state index in [1.807, 2.05) is 0 Å². The Labute approximate surface area is 177 Å². The van der Waals surface area contributed by atoms with E-state index in [1.54, 1.807) is 29.6 Å². The second-order valence-corrected chi connectivity index (χ2v) is 12.5. The summed E-state index contributed by atoms with van der Waals surface area (Å²) >= 11 is 0.428. The van der Waals surface area contributed by atoms with Crippen molar-refractivity contribution in [1.82, 2.24) is 14.9 Å². The normalized spacial score (nSPS) is 24.9. The summed E-state index contributed by atoms with van der Waals surface area (Å²) in [4.78, 5) is 39.0. The van der Waals surface area contributed by atoms with E-state index in [-0.39, 0.29) is 18.8 Å². The topological polar surface area (TPSA) is 132 Å². The molecule has 13 heteroatoms. The fourth-order valence-corrected chi connectivity index (χ4v) is 6.56. The first-order chi connectivity index (χ1) is 12.8. The summed E-state index contributed by atoms with van der Waals surface area (Å²) in [5, 5.41) is 14.3. The Morgan fingerprint density at radius 2 is 2.33 bits per heavy atom. The molecule has 152 valence electrons. The number of ether oxygens (including phenoxy) is 2. The second-order valence-electron chi connectivity index (χ2n) is 5.30. The monoisotopic (exact) mass is 611 g/mol. The van der Waals surface area contributed by atoms with E-state index in [4.69, 9.17) is 14.6 Å². The fourth-order valence-electron chi connectivity index (χ4n) is 2.04. The van der Waals surface area contributed by atoms with Crippen LogP contribution < -0.4 is 37.5 Å². The first kappa shape index (κ1) is 22.4. The van der Waals surface area contributed by atoms with Gasteiger partial charge < -0.3 is 5.32 Å². The molecule has 0 radical (unpaired) electrons. The predicted octanol–water partition coefficient (Wildman–Crippen LogP) is -3.67. The molecule has 0 aliphatic carbocycles. The van der Waals surface area contributed by atoms with Gasteiger partial charge in [0.05, 0.1) is 0 Å². The van der Waals surface area contributed by atoms with Gasteiger partial charge in [-0.2, -0.15) is 0 Å². The molecule has 1 saturated heterocycles. The Bertz CT molecular complexity index is 747. The molecule has 0 spiro atoms. The number of nitrogens with zero attached hydrogens (tertiary/aromatic N) is 2. The van der Waals surface area contributed by atoms with Crippen LogP contribution >= 0.6 is 22.6 Å². The number of aromatic nitrogens is 2. The Kier molecular flexibility index (Phi) is 8.32. The van der Waals surface area contributed by atoms with E-state index in [1.165, 1.54) is 12.3 Å². The van der Waals surface area contributed by atoms with E-state index >= 15 is 0 Å². The van der Waals surface area contributed by atoms with Crippen LogP contribution in [-0.4, -0.2) is 59.1 Å². The number of carbonyl (C=O) groups excluding carboxylic acids is 2. The van der Waals surface area contributed by atoms with Crippen LogP contribution in [0.4, 0.5) is 10.2 Å². The molecule has 1 fully saturated rings. The van der Waals surface area contributed by atoms with Crippen LogP contribution in [0.1, 0.15) is 12.6 Å². The maximum absolute atomic E-state index is 14.6. The molecule has 1 aromatic heterocycles. The molecule has 1 aliphatic heterocycles. The molecule has 0 bridgehead atoms. The molecule has 3 N–H and O–H groups in total. The summed E-state index contributed by atoms with van der Waals surface area (Å²) in [6.45, 7) is -0.402. The van der Waals surface area contributed by atoms with Crippen LogP contribution in [0.15, 0.2) is 17.1 Å². The van der Waals surface area contributed by atoms with Crippen molar-refractivity contribution in [3.63, 3.8) is 0 Å². The van der Waals surface area contributed by atoms with Gasteiger partial charge >= 0.3 is 159 Å². The number of halogens is 3. The molecule has 3 atom stereocenters. The van der Waals surface area contributed by atoms with E-state index in [2.05, 4.69) is 15.6 Å². The number of anilines is 1. The van der Waals surface area contributed by atoms with Gasteiger partial charge in [-0.3, -0.25) is 0 Å². The molecule has 0 aromatic carbocycles. The molecule has 1 aromatic rings. The first-order valence-corrected chi connectivity index (χ1v) is 11.1. The Morgan fingerprint density at radius 3 is 2.93 bits per heavy atom. The molecule has 1 amide bonds. The number of carbonyl (C=O) groups is 2. The molecule has 2 heterocycles. The average Bonchev–Trinajstić information content (AvgIpc) is 2.93. The third kappa shape index (κ3) is 6.30. The summed E-state index contributed by atoms with van der Waals surface area (Å²) in [5.41, 5.74) is -0.815. The summed E-state index contributed by atoms with van der Waals surface area (Å²) in [6.07, 6.45) is 0.185. The van der Waals surface area contributed by atoms with Crippen molar-refractivity contribution in [2.24, 2.45) is 0 Å². The van der Waals surface area contributed by atoms with Crippen molar-refractivity contribution in [1.29, 1.82) is 0 Å². The summed E-state index contributed by atoms with van der Waals surface area (Å²) in [5.74, 6) is -1.25. The van der Waals surface area contributed by atoms with Crippen molar-refractivity contribution in [2.75, 3.05) is 32.1 Å². The number of aliphatic hydroxyl groups excluding tert-OH is 1. The SMILES string of the molecule is CNCCC(=O)OCC(=O)Nc1ccn([C@@H]2O[C@H](CO)[I-][C@@]2(F)I)c(=O)n1. The molecular weight excluding hydrogens is 593 g/mol. The molecule has 0 unspecified atom stereocenters. The van der Waals surface area contributed by atoms with Gasteiger partial charge in [-0.05, 0) is 7.05 Å². The van der Waals surface area contributed by atoms with E-state index in [0.717, 1.165) is 4.57 Å². The number of esters is 1. The second kappa shape index (κ2) is 10.0. The Hall–Kier alpha value is -0.910. The molecule has 10 nitrogen and oxygen atoms in total.